The van der Waals surface area contributed by atoms with Crippen LogP contribution in [-0.2, 0) is 9.53 Å². The average Bonchev–Trinajstić information content (AvgIpc) is 3.47. The number of aromatic nitrogens is 2. The molecule has 5 rings (SSSR count). The SMILES string of the molecule is CC(c1ccccc1)N1C(=O)C(=Cc2c(NCC3CCCO3)nc3ccccn3c2=O)SC1=S. The summed E-state index contributed by atoms with van der Waals surface area (Å²) in [5, 5.41) is 3.29. The van der Waals surface area contributed by atoms with E-state index in [1.165, 1.54) is 16.2 Å². The van der Waals surface area contributed by atoms with Crippen LogP contribution in [0.3, 0.4) is 0 Å². The summed E-state index contributed by atoms with van der Waals surface area (Å²) in [4.78, 5) is 33.4. The summed E-state index contributed by atoms with van der Waals surface area (Å²) in [6, 6.07) is 14.9. The summed E-state index contributed by atoms with van der Waals surface area (Å²) >= 11 is 6.76. The van der Waals surface area contributed by atoms with E-state index in [0.29, 0.717) is 32.8 Å². The monoisotopic (exact) mass is 492 g/mol. The van der Waals surface area contributed by atoms with Gasteiger partial charge in [-0.15, -0.1) is 0 Å². The number of anilines is 1. The maximum Gasteiger partial charge on any atom is 0.267 e. The Morgan fingerprint density at radius 1 is 1.24 bits per heavy atom. The van der Waals surface area contributed by atoms with Crippen LogP contribution in [0.15, 0.2) is 64.4 Å². The lowest BCUT2D eigenvalue weighted by atomic mass is 10.1. The van der Waals surface area contributed by atoms with Crippen molar-refractivity contribution in [3.63, 3.8) is 0 Å². The molecule has 4 heterocycles. The Morgan fingerprint density at radius 3 is 2.79 bits per heavy atom. The second-order valence-electron chi connectivity index (χ2n) is 8.26. The largest absolute Gasteiger partial charge is 0.376 e. The van der Waals surface area contributed by atoms with Crippen LogP contribution in [0.5, 0.6) is 0 Å². The van der Waals surface area contributed by atoms with Crippen molar-refractivity contribution in [2.45, 2.75) is 31.9 Å². The van der Waals surface area contributed by atoms with Crippen LogP contribution < -0.4 is 10.9 Å². The number of ether oxygens (including phenoxy) is 1. The zero-order chi connectivity index (χ0) is 23.7. The fraction of sp³-hybridized carbons (Fsp3) is 0.280. The molecule has 7 nitrogen and oxygen atoms in total. The molecule has 2 aliphatic rings. The molecule has 2 saturated heterocycles. The Labute approximate surface area is 206 Å². The van der Waals surface area contributed by atoms with Crippen LogP contribution >= 0.6 is 24.0 Å². The molecule has 0 saturated carbocycles. The molecule has 3 aromatic rings. The highest BCUT2D eigenvalue weighted by molar-refractivity contribution is 8.26. The van der Waals surface area contributed by atoms with E-state index in [0.717, 1.165) is 25.0 Å². The first kappa shape index (κ1) is 22.8. The molecular formula is C25H24N4O3S2. The summed E-state index contributed by atoms with van der Waals surface area (Å²) < 4.78 is 7.66. The first-order valence-electron chi connectivity index (χ1n) is 11.2. The van der Waals surface area contributed by atoms with Crippen molar-refractivity contribution in [3.8, 4) is 0 Å². The Hall–Kier alpha value is -3.01. The molecule has 0 bridgehead atoms. The van der Waals surface area contributed by atoms with Gasteiger partial charge in [0.2, 0.25) is 0 Å². The van der Waals surface area contributed by atoms with Gasteiger partial charge in [-0.2, -0.15) is 0 Å². The van der Waals surface area contributed by atoms with E-state index in [2.05, 4.69) is 10.3 Å². The van der Waals surface area contributed by atoms with Crippen LogP contribution in [0.4, 0.5) is 5.82 Å². The van der Waals surface area contributed by atoms with Crippen molar-refractivity contribution < 1.29 is 9.53 Å². The first-order chi connectivity index (χ1) is 16.5. The third-order valence-electron chi connectivity index (χ3n) is 6.06. The van der Waals surface area contributed by atoms with E-state index in [1.807, 2.05) is 43.3 Å². The zero-order valence-electron chi connectivity index (χ0n) is 18.6. The number of benzene rings is 1. The molecular weight excluding hydrogens is 468 g/mol. The number of thiocarbonyl (C=S) groups is 1. The molecule has 1 aromatic carbocycles. The molecule has 174 valence electrons. The van der Waals surface area contributed by atoms with Crippen LogP contribution in [0.2, 0.25) is 0 Å². The third-order valence-corrected chi connectivity index (χ3v) is 7.39. The van der Waals surface area contributed by atoms with E-state index in [-0.39, 0.29) is 23.6 Å². The Kier molecular flexibility index (Phi) is 6.49. The second-order valence-corrected chi connectivity index (χ2v) is 9.94. The van der Waals surface area contributed by atoms with Gasteiger partial charge >= 0.3 is 0 Å². The van der Waals surface area contributed by atoms with Crippen LogP contribution in [0, 0.1) is 0 Å². The molecule has 2 unspecified atom stereocenters. The van der Waals surface area contributed by atoms with Gasteiger partial charge in [0.15, 0.2) is 0 Å². The van der Waals surface area contributed by atoms with Gasteiger partial charge in [0, 0.05) is 19.3 Å². The maximum atomic E-state index is 13.4. The molecule has 2 fully saturated rings. The second kappa shape index (κ2) is 9.69. The molecule has 0 radical (unpaired) electrons. The van der Waals surface area contributed by atoms with E-state index < -0.39 is 0 Å². The summed E-state index contributed by atoms with van der Waals surface area (Å²) in [6.45, 7) is 3.24. The molecule has 0 aliphatic carbocycles. The Balaban J connectivity index is 1.51. The van der Waals surface area contributed by atoms with E-state index in [4.69, 9.17) is 17.0 Å². The molecule has 1 N–H and O–H groups in total. The lowest BCUT2D eigenvalue weighted by Crippen LogP contribution is -2.31. The van der Waals surface area contributed by atoms with Crippen LogP contribution in [0.25, 0.3) is 11.7 Å². The maximum absolute atomic E-state index is 13.4. The molecule has 1 amide bonds. The molecule has 0 spiro atoms. The number of fused-ring (bicyclic) bond motifs is 1. The topological polar surface area (TPSA) is 75.9 Å². The van der Waals surface area contributed by atoms with Gasteiger partial charge in [-0.05, 0) is 43.5 Å². The standard InChI is InChI=1S/C25H24N4O3S2/c1-16(17-8-3-2-4-9-17)29-24(31)20(34-25(29)33)14-19-22(26-15-18-10-7-13-32-18)27-21-11-5-6-12-28(21)23(19)30/h2-6,8-9,11-12,14,16,18,26H,7,10,13,15H2,1H3. The van der Waals surface area contributed by atoms with Gasteiger partial charge in [0.1, 0.15) is 15.8 Å². The number of nitrogens with one attached hydrogen (secondary N) is 1. The number of pyridine rings is 1. The number of rotatable bonds is 6. The van der Waals surface area contributed by atoms with Gasteiger partial charge in [-0.3, -0.25) is 18.9 Å². The number of hydrogen-bond acceptors (Lipinski definition) is 7. The quantitative estimate of drug-likeness (QED) is 0.407. The number of amides is 1. The van der Waals surface area contributed by atoms with Crippen molar-refractivity contribution in [1.82, 2.24) is 14.3 Å². The highest BCUT2D eigenvalue weighted by Gasteiger charge is 2.36. The number of thioether (sulfide) groups is 1. The highest BCUT2D eigenvalue weighted by Crippen LogP contribution is 2.38. The number of nitrogens with zero attached hydrogens (tertiary/aromatic N) is 3. The highest BCUT2D eigenvalue weighted by atomic mass is 32.2. The summed E-state index contributed by atoms with van der Waals surface area (Å²) in [5.41, 5.74) is 1.60. The smallest absolute Gasteiger partial charge is 0.267 e. The first-order valence-corrected chi connectivity index (χ1v) is 12.4. The van der Waals surface area contributed by atoms with Gasteiger partial charge in [-0.1, -0.05) is 60.4 Å². The lowest BCUT2D eigenvalue weighted by molar-refractivity contribution is -0.123. The number of carbonyl (C=O) groups is 1. The molecule has 2 aromatic heterocycles. The minimum absolute atomic E-state index is 0.0776. The normalized spacial score (nSPS) is 20.4. The summed E-state index contributed by atoms with van der Waals surface area (Å²) in [7, 11) is 0. The Morgan fingerprint density at radius 2 is 2.03 bits per heavy atom. The fourth-order valence-electron chi connectivity index (χ4n) is 4.21. The zero-order valence-corrected chi connectivity index (χ0v) is 20.3. The van der Waals surface area contributed by atoms with Crippen LogP contribution in [0.1, 0.15) is 36.9 Å². The molecule has 2 atom stereocenters. The minimum Gasteiger partial charge on any atom is -0.376 e. The van der Waals surface area contributed by atoms with E-state index >= 15 is 0 Å². The predicted molar refractivity (Wildman–Crippen MR) is 139 cm³/mol. The lowest BCUT2D eigenvalue weighted by Gasteiger charge is -2.23. The van der Waals surface area contributed by atoms with Crippen molar-refractivity contribution in [3.05, 3.63) is 81.1 Å². The van der Waals surface area contributed by atoms with Gasteiger partial charge in [-0.25, -0.2) is 4.98 Å². The summed E-state index contributed by atoms with van der Waals surface area (Å²) in [5.74, 6) is 0.224. The van der Waals surface area contributed by atoms with Crippen molar-refractivity contribution in [2.75, 3.05) is 18.5 Å². The number of carbonyl (C=O) groups excluding carboxylic acids is 1. The van der Waals surface area contributed by atoms with Crippen molar-refractivity contribution >= 4 is 51.7 Å². The predicted octanol–water partition coefficient (Wildman–Crippen LogP) is 4.25. The van der Waals surface area contributed by atoms with Gasteiger partial charge in [0.05, 0.1) is 22.6 Å². The van der Waals surface area contributed by atoms with Crippen molar-refractivity contribution in [1.29, 1.82) is 0 Å². The van der Waals surface area contributed by atoms with Crippen LogP contribution in [-0.4, -0.2) is 43.8 Å². The number of hydrogen-bond donors (Lipinski definition) is 1. The van der Waals surface area contributed by atoms with Gasteiger partial charge in [0.25, 0.3) is 11.5 Å². The summed E-state index contributed by atoms with van der Waals surface area (Å²) in [6.07, 6.45) is 5.35. The minimum atomic E-state index is -0.248. The fourth-order valence-corrected chi connectivity index (χ4v) is 5.61. The molecule has 9 heteroatoms. The molecule has 34 heavy (non-hydrogen) atoms. The van der Waals surface area contributed by atoms with Crippen molar-refractivity contribution in [2.24, 2.45) is 0 Å². The van der Waals surface area contributed by atoms with E-state index in [1.54, 1.807) is 29.3 Å². The van der Waals surface area contributed by atoms with E-state index in [9.17, 15) is 9.59 Å². The molecule has 2 aliphatic heterocycles. The third kappa shape index (κ3) is 4.38. The Bertz CT molecular complexity index is 1330. The van der Waals surface area contributed by atoms with Gasteiger partial charge < -0.3 is 10.1 Å². The average molecular weight is 493 g/mol.